The summed E-state index contributed by atoms with van der Waals surface area (Å²) in [5, 5.41) is 3.23. The van der Waals surface area contributed by atoms with Gasteiger partial charge in [-0.25, -0.2) is 0 Å². The van der Waals surface area contributed by atoms with Crippen LogP contribution in [0.3, 0.4) is 0 Å². The zero-order chi connectivity index (χ0) is 6.95. The quantitative estimate of drug-likeness (QED) is 0.551. The van der Waals surface area contributed by atoms with Gasteiger partial charge < -0.3 is 10.1 Å². The van der Waals surface area contributed by atoms with Gasteiger partial charge in [-0.05, 0) is 26.4 Å². The molecular weight excluding hydrogens is 114 g/mol. The molecule has 0 amide bonds. The van der Waals surface area contributed by atoms with Crippen LogP contribution in [0.4, 0.5) is 0 Å². The number of hydrogen-bond donors (Lipinski definition) is 1. The van der Waals surface area contributed by atoms with Crippen LogP contribution in [0.15, 0.2) is 0 Å². The number of nitrogens with one attached hydrogen (secondary N) is 1. The minimum atomic E-state index is 0. The Bertz CT molecular complexity index is 46.9. The van der Waals surface area contributed by atoms with Crippen molar-refractivity contribution in [2.24, 2.45) is 0 Å². The van der Waals surface area contributed by atoms with Crippen LogP contribution in [0.2, 0.25) is 0 Å². The summed E-state index contributed by atoms with van der Waals surface area (Å²) >= 11 is 0. The minimum absolute atomic E-state index is 0. The molecule has 0 spiro atoms. The highest BCUT2D eigenvalue weighted by Gasteiger charge is 1.83. The second kappa shape index (κ2) is 7.92. The zero-order valence-electron chi connectivity index (χ0n) is 6.44. The van der Waals surface area contributed by atoms with E-state index in [1.54, 1.807) is 0 Å². The molecule has 0 aromatic carbocycles. The van der Waals surface area contributed by atoms with Crippen molar-refractivity contribution in [3.63, 3.8) is 0 Å². The van der Waals surface area contributed by atoms with E-state index in [1.807, 2.05) is 6.92 Å². The fraction of sp³-hybridized carbons (Fsp3) is 1.00. The molecule has 0 fully saturated rings. The maximum atomic E-state index is 5.14. The van der Waals surface area contributed by atoms with E-state index in [2.05, 4.69) is 12.2 Å². The largest absolute Gasteiger partial charge is 0.382 e. The summed E-state index contributed by atoms with van der Waals surface area (Å²) in [4.78, 5) is 0. The monoisotopic (exact) mass is 133 g/mol. The highest BCUT2D eigenvalue weighted by molar-refractivity contribution is 4.41. The highest BCUT2D eigenvalue weighted by Crippen LogP contribution is 1.78. The van der Waals surface area contributed by atoms with E-state index in [1.165, 1.54) is 0 Å². The zero-order valence-corrected chi connectivity index (χ0v) is 6.44. The van der Waals surface area contributed by atoms with Gasteiger partial charge in [0, 0.05) is 14.6 Å². The van der Waals surface area contributed by atoms with E-state index in [0.717, 1.165) is 32.7 Å². The van der Waals surface area contributed by atoms with Crippen molar-refractivity contribution < 1.29 is 6.16 Å². The first-order chi connectivity index (χ1) is 4.41. The van der Waals surface area contributed by atoms with Crippen LogP contribution in [-0.4, -0.2) is 26.3 Å². The lowest BCUT2D eigenvalue weighted by Crippen LogP contribution is -2.15. The molecule has 2 nitrogen and oxygen atoms in total. The fourth-order valence-electron chi connectivity index (χ4n) is 0.620. The van der Waals surface area contributed by atoms with Gasteiger partial charge in [-0.2, -0.15) is 0 Å². The van der Waals surface area contributed by atoms with E-state index in [-0.39, 0.29) is 1.43 Å². The van der Waals surface area contributed by atoms with Gasteiger partial charge in [0.25, 0.3) is 0 Å². The predicted octanol–water partition coefficient (Wildman–Crippen LogP) is 1.27. The molecule has 58 valence electrons. The van der Waals surface area contributed by atoms with Gasteiger partial charge in [-0.3, -0.25) is 0 Å². The highest BCUT2D eigenvalue weighted by atomic mass is 16.5. The summed E-state index contributed by atoms with van der Waals surface area (Å²) in [6.45, 7) is 8.01. The first-order valence-electron chi connectivity index (χ1n) is 3.70. The van der Waals surface area contributed by atoms with Crippen molar-refractivity contribution >= 4 is 0 Å². The molecule has 2 heteroatoms. The predicted molar refractivity (Wildman–Crippen MR) is 41.8 cm³/mol. The Morgan fingerprint density at radius 2 is 2.22 bits per heavy atom. The van der Waals surface area contributed by atoms with Crippen LogP contribution in [0.25, 0.3) is 0 Å². The summed E-state index contributed by atoms with van der Waals surface area (Å²) < 4.78 is 5.14. The van der Waals surface area contributed by atoms with Crippen LogP contribution in [-0.2, 0) is 4.74 Å². The van der Waals surface area contributed by atoms with Gasteiger partial charge in [-0.1, -0.05) is 6.92 Å². The smallest absolute Gasteiger partial charge is 0.0477 e. The second-order valence-electron chi connectivity index (χ2n) is 1.90. The average molecular weight is 133 g/mol. The molecule has 0 aliphatic heterocycles. The Balaban J connectivity index is 0. The third-order valence-electron chi connectivity index (χ3n) is 1.10. The van der Waals surface area contributed by atoms with E-state index >= 15 is 0 Å². The van der Waals surface area contributed by atoms with Crippen molar-refractivity contribution in [3.8, 4) is 0 Å². The molecule has 0 aromatic heterocycles. The van der Waals surface area contributed by atoms with Crippen LogP contribution < -0.4 is 5.32 Å². The first-order valence-corrected chi connectivity index (χ1v) is 3.70. The maximum absolute atomic E-state index is 5.14. The normalized spacial score (nSPS) is 10.0. The van der Waals surface area contributed by atoms with Crippen LogP contribution >= 0.6 is 0 Å². The number of hydrogen-bond acceptors (Lipinski definition) is 2. The lowest BCUT2D eigenvalue weighted by atomic mass is 10.4. The SMILES string of the molecule is CCNCCCOCC.[HH]. The van der Waals surface area contributed by atoms with E-state index in [0.29, 0.717) is 0 Å². The molecule has 9 heavy (non-hydrogen) atoms. The van der Waals surface area contributed by atoms with Gasteiger partial charge in [0.2, 0.25) is 0 Å². The average Bonchev–Trinajstić information content (AvgIpc) is 1.89. The van der Waals surface area contributed by atoms with Crippen LogP contribution in [0.1, 0.15) is 21.7 Å². The lowest BCUT2D eigenvalue weighted by Gasteiger charge is -2.00. The summed E-state index contributed by atoms with van der Waals surface area (Å²) in [5.41, 5.74) is 0. The summed E-state index contributed by atoms with van der Waals surface area (Å²) in [6.07, 6.45) is 1.13. The van der Waals surface area contributed by atoms with Crippen molar-refractivity contribution in [1.82, 2.24) is 5.32 Å². The maximum Gasteiger partial charge on any atom is 0.0477 e. The van der Waals surface area contributed by atoms with Gasteiger partial charge in [-0.15, -0.1) is 0 Å². The molecule has 0 atom stereocenters. The standard InChI is InChI=1S/C7H17NO.H2/c1-3-8-6-5-7-9-4-2;/h8H,3-7H2,1-2H3;1H. The Morgan fingerprint density at radius 3 is 2.78 bits per heavy atom. The molecule has 0 aliphatic rings. The molecule has 0 unspecified atom stereocenters. The Morgan fingerprint density at radius 1 is 1.44 bits per heavy atom. The Kier molecular flexibility index (Phi) is 7.85. The van der Waals surface area contributed by atoms with E-state index < -0.39 is 0 Å². The second-order valence-corrected chi connectivity index (χ2v) is 1.90. The van der Waals surface area contributed by atoms with Crippen LogP contribution in [0.5, 0.6) is 0 Å². The molecule has 0 rings (SSSR count). The minimum Gasteiger partial charge on any atom is -0.382 e. The topological polar surface area (TPSA) is 21.3 Å². The Labute approximate surface area is 59.1 Å². The van der Waals surface area contributed by atoms with E-state index in [4.69, 9.17) is 4.74 Å². The summed E-state index contributed by atoms with van der Waals surface area (Å²) in [5.74, 6) is 0. The van der Waals surface area contributed by atoms with Gasteiger partial charge in [0.15, 0.2) is 0 Å². The third-order valence-corrected chi connectivity index (χ3v) is 1.10. The van der Waals surface area contributed by atoms with E-state index in [9.17, 15) is 0 Å². The third kappa shape index (κ3) is 7.92. The van der Waals surface area contributed by atoms with Crippen LogP contribution in [0, 0.1) is 0 Å². The molecule has 0 aliphatic carbocycles. The molecule has 0 bridgehead atoms. The van der Waals surface area contributed by atoms with Crippen molar-refractivity contribution in [1.29, 1.82) is 0 Å². The summed E-state index contributed by atoms with van der Waals surface area (Å²) in [7, 11) is 0. The summed E-state index contributed by atoms with van der Waals surface area (Å²) in [6, 6.07) is 0. The molecular formula is C7H19NO. The Hall–Kier alpha value is -0.0800. The molecule has 0 aromatic rings. The molecule has 0 saturated heterocycles. The fourth-order valence-corrected chi connectivity index (χ4v) is 0.620. The van der Waals surface area contributed by atoms with Gasteiger partial charge in [0.1, 0.15) is 0 Å². The first kappa shape index (κ1) is 8.92. The van der Waals surface area contributed by atoms with Crippen molar-refractivity contribution in [2.45, 2.75) is 20.3 Å². The number of ether oxygens (including phenoxy) is 1. The molecule has 1 N–H and O–H groups in total. The lowest BCUT2D eigenvalue weighted by molar-refractivity contribution is 0.145. The molecule has 0 radical (unpaired) electrons. The molecule has 0 saturated carbocycles. The number of rotatable bonds is 6. The van der Waals surface area contributed by atoms with Gasteiger partial charge >= 0.3 is 0 Å². The molecule has 0 heterocycles. The van der Waals surface area contributed by atoms with Crippen molar-refractivity contribution in [2.75, 3.05) is 26.3 Å². The van der Waals surface area contributed by atoms with Gasteiger partial charge in [0.05, 0.1) is 0 Å². The van der Waals surface area contributed by atoms with Crippen molar-refractivity contribution in [3.05, 3.63) is 0 Å².